The van der Waals surface area contributed by atoms with E-state index >= 15 is 0 Å². The van der Waals surface area contributed by atoms with Crippen molar-refractivity contribution in [3.63, 3.8) is 0 Å². The Morgan fingerprint density at radius 1 is 1.32 bits per heavy atom. The van der Waals surface area contributed by atoms with Crippen LogP contribution < -0.4 is 0 Å². The van der Waals surface area contributed by atoms with Gasteiger partial charge in [-0.1, -0.05) is 10.5 Å². The standard InChI is InChI=1S/C12H15NO5S/c1-8-6-9(2)11(7-10(8)12(14)15)19(16,17)13-4-3-5-18-13/h6-7H,3-5H2,1-2H3,(H,14,15). The fourth-order valence-electron chi connectivity index (χ4n) is 2.06. The minimum absolute atomic E-state index is 0.0108. The number of carbonyl (C=O) groups is 1. The summed E-state index contributed by atoms with van der Waals surface area (Å²) in [5, 5.41) is 9.07. The van der Waals surface area contributed by atoms with Crippen LogP contribution >= 0.6 is 0 Å². The highest BCUT2D eigenvalue weighted by Gasteiger charge is 2.31. The second-order valence-corrected chi connectivity index (χ2v) is 6.25. The Balaban J connectivity index is 2.55. The van der Waals surface area contributed by atoms with Crippen LogP contribution in [0.3, 0.4) is 0 Å². The maximum atomic E-state index is 12.3. The predicted octanol–water partition coefficient (Wildman–Crippen LogP) is 1.33. The molecule has 19 heavy (non-hydrogen) atoms. The molecule has 0 amide bonds. The lowest BCUT2D eigenvalue weighted by molar-refractivity contribution is -0.0285. The van der Waals surface area contributed by atoms with E-state index in [1.165, 1.54) is 6.07 Å². The van der Waals surface area contributed by atoms with Crippen molar-refractivity contribution in [3.8, 4) is 0 Å². The van der Waals surface area contributed by atoms with E-state index in [9.17, 15) is 13.2 Å². The van der Waals surface area contributed by atoms with Crippen molar-refractivity contribution in [2.24, 2.45) is 0 Å². The number of hydrogen-bond acceptors (Lipinski definition) is 4. The molecule has 0 aliphatic carbocycles. The molecule has 0 bridgehead atoms. The molecule has 1 aromatic rings. The summed E-state index contributed by atoms with van der Waals surface area (Å²) in [5.41, 5.74) is 1.03. The molecule has 2 rings (SSSR count). The smallest absolute Gasteiger partial charge is 0.335 e. The largest absolute Gasteiger partial charge is 0.478 e. The summed E-state index contributed by atoms with van der Waals surface area (Å²) in [4.78, 5) is 16.1. The Morgan fingerprint density at radius 2 is 2.00 bits per heavy atom. The van der Waals surface area contributed by atoms with Crippen molar-refractivity contribution in [2.75, 3.05) is 13.2 Å². The van der Waals surface area contributed by atoms with E-state index in [-0.39, 0.29) is 17.0 Å². The van der Waals surface area contributed by atoms with Crippen molar-refractivity contribution >= 4 is 16.0 Å². The molecule has 1 N–H and O–H groups in total. The topological polar surface area (TPSA) is 83.9 Å². The van der Waals surface area contributed by atoms with Crippen molar-refractivity contribution in [1.29, 1.82) is 0 Å². The predicted molar refractivity (Wildman–Crippen MR) is 67.3 cm³/mol. The van der Waals surface area contributed by atoms with Gasteiger partial charge in [-0.25, -0.2) is 13.2 Å². The highest BCUT2D eigenvalue weighted by molar-refractivity contribution is 7.89. The minimum Gasteiger partial charge on any atom is -0.478 e. The fourth-order valence-corrected chi connectivity index (χ4v) is 3.60. The van der Waals surface area contributed by atoms with Gasteiger partial charge in [0, 0.05) is 6.54 Å². The number of nitrogens with zero attached hydrogens (tertiary/aromatic N) is 1. The monoisotopic (exact) mass is 285 g/mol. The van der Waals surface area contributed by atoms with Gasteiger partial charge in [-0.2, -0.15) is 0 Å². The van der Waals surface area contributed by atoms with Gasteiger partial charge in [0.05, 0.1) is 17.1 Å². The number of rotatable bonds is 3. The van der Waals surface area contributed by atoms with E-state index in [0.717, 1.165) is 4.47 Å². The zero-order chi connectivity index (χ0) is 14.2. The maximum absolute atomic E-state index is 12.3. The first-order valence-electron chi connectivity index (χ1n) is 5.84. The third-order valence-corrected chi connectivity index (χ3v) is 4.84. The average Bonchev–Trinajstić information content (AvgIpc) is 2.81. The molecule has 1 saturated heterocycles. The zero-order valence-electron chi connectivity index (χ0n) is 10.7. The number of carboxylic acids is 1. The SMILES string of the molecule is Cc1cc(C)c(S(=O)(=O)N2CCCO2)cc1C(=O)O. The summed E-state index contributed by atoms with van der Waals surface area (Å²) in [5.74, 6) is -1.14. The summed E-state index contributed by atoms with van der Waals surface area (Å²) in [6.45, 7) is 3.93. The molecule has 6 nitrogen and oxygen atoms in total. The van der Waals surface area contributed by atoms with Crippen LogP contribution in [0.2, 0.25) is 0 Å². The summed E-state index contributed by atoms with van der Waals surface area (Å²) in [6.07, 6.45) is 0.635. The lowest BCUT2D eigenvalue weighted by atomic mass is 10.1. The van der Waals surface area contributed by atoms with Gasteiger partial charge >= 0.3 is 5.97 Å². The van der Waals surface area contributed by atoms with Crippen LogP contribution in [0, 0.1) is 13.8 Å². The number of hydroxylamine groups is 1. The minimum atomic E-state index is -3.79. The number of hydrogen-bond donors (Lipinski definition) is 1. The molecule has 0 aromatic heterocycles. The zero-order valence-corrected chi connectivity index (χ0v) is 11.5. The number of aryl methyl sites for hydroxylation is 2. The van der Waals surface area contributed by atoms with Crippen LogP contribution in [0.5, 0.6) is 0 Å². The maximum Gasteiger partial charge on any atom is 0.335 e. The van der Waals surface area contributed by atoms with Crippen molar-refractivity contribution in [2.45, 2.75) is 25.2 Å². The number of aromatic carboxylic acids is 1. The summed E-state index contributed by atoms with van der Waals surface area (Å²) in [6, 6.07) is 2.76. The van der Waals surface area contributed by atoms with Crippen molar-refractivity contribution in [1.82, 2.24) is 4.47 Å². The Morgan fingerprint density at radius 3 is 2.53 bits per heavy atom. The van der Waals surface area contributed by atoms with E-state index in [0.29, 0.717) is 24.2 Å². The average molecular weight is 285 g/mol. The van der Waals surface area contributed by atoms with Gasteiger partial charge in [-0.15, -0.1) is 0 Å². The van der Waals surface area contributed by atoms with E-state index in [1.54, 1.807) is 19.9 Å². The summed E-state index contributed by atoms with van der Waals surface area (Å²) in [7, 11) is -3.79. The fraction of sp³-hybridized carbons (Fsp3) is 0.417. The molecule has 1 aliphatic heterocycles. The summed E-state index contributed by atoms with van der Waals surface area (Å²) < 4.78 is 25.6. The van der Waals surface area contributed by atoms with E-state index < -0.39 is 16.0 Å². The number of carboxylic acid groups (broad SMARTS) is 1. The van der Waals surface area contributed by atoms with Crippen LogP contribution in [0.4, 0.5) is 0 Å². The summed E-state index contributed by atoms with van der Waals surface area (Å²) >= 11 is 0. The van der Waals surface area contributed by atoms with Gasteiger partial charge < -0.3 is 5.11 Å². The van der Waals surface area contributed by atoms with Crippen LogP contribution in [0.1, 0.15) is 27.9 Å². The molecule has 7 heteroatoms. The molecule has 104 valence electrons. The Kier molecular flexibility index (Phi) is 3.62. The van der Waals surface area contributed by atoms with Gasteiger partial charge in [0.2, 0.25) is 0 Å². The Labute approximate surface area is 111 Å². The highest BCUT2D eigenvalue weighted by atomic mass is 32.2. The van der Waals surface area contributed by atoms with Gasteiger partial charge in [0.25, 0.3) is 10.0 Å². The van der Waals surface area contributed by atoms with Crippen LogP contribution in [-0.2, 0) is 14.9 Å². The molecule has 0 spiro atoms. The molecule has 1 heterocycles. The molecule has 0 atom stereocenters. The van der Waals surface area contributed by atoms with Crippen LogP contribution in [0.25, 0.3) is 0 Å². The molecule has 1 fully saturated rings. The number of sulfonamides is 1. The van der Waals surface area contributed by atoms with E-state index in [1.807, 2.05) is 0 Å². The third kappa shape index (κ3) is 2.49. The van der Waals surface area contributed by atoms with Crippen molar-refractivity contribution in [3.05, 3.63) is 28.8 Å². The molecule has 0 unspecified atom stereocenters. The van der Waals surface area contributed by atoms with Gasteiger partial charge in [-0.05, 0) is 37.5 Å². The molecule has 1 aromatic carbocycles. The lowest BCUT2D eigenvalue weighted by Crippen LogP contribution is -2.27. The van der Waals surface area contributed by atoms with E-state index in [2.05, 4.69) is 0 Å². The highest BCUT2D eigenvalue weighted by Crippen LogP contribution is 2.25. The Hall–Kier alpha value is -1.44. The van der Waals surface area contributed by atoms with Crippen LogP contribution in [-0.4, -0.2) is 37.1 Å². The van der Waals surface area contributed by atoms with Gasteiger partial charge in [-0.3, -0.25) is 4.84 Å². The first-order valence-corrected chi connectivity index (χ1v) is 7.28. The third-order valence-electron chi connectivity index (χ3n) is 3.02. The van der Waals surface area contributed by atoms with Crippen molar-refractivity contribution < 1.29 is 23.2 Å². The molecular formula is C12H15NO5S. The lowest BCUT2D eigenvalue weighted by Gasteiger charge is -2.17. The molecule has 0 radical (unpaired) electrons. The molecular weight excluding hydrogens is 270 g/mol. The van der Waals surface area contributed by atoms with Gasteiger partial charge in [0.1, 0.15) is 0 Å². The van der Waals surface area contributed by atoms with Gasteiger partial charge in [0.15, 0.2) is 0 Å². The normalized spacial score (nSPS) is 16.7. The number of benzene rings is 1. The molecule has 1 aliphatic rings. The molecule has 0 saturated carbocycles. The Bertz CT molecular complexity index is 617. The van der Waals surface area contributed by atoms with E-state index in [4.69, 9.17) is 9.94 Å². The quantitative estimate of drug-likeness (QED) is 0.905. The second-order valence-electron chi connectivity index (χ2n) is 4.46. The van der Waals surface area contributed by atoms with Crippen LogP contribution in [0.15, 0.2) is 17.0 Å². The second kappa shape index (κ2) is 4.92. The first-order chi connectivity index (χ1) is 8.84. The first kappa shape index (κ1) is 14.0.